The summed E-state index contributed by atoms with van der Waals surface area (Å²) in [5, 5.41) is 5.76. The van der Waals surface area contributed by atoms with Gasteiger partial charge in [-0.25, -0.2) is 0 Å². The van der Waals surface area contributed by atoms with E-state index in [2.05, 4.69) is 17.2 Å². The summed E-state index contributed by atoms with van der Waals surface area (Å²) in [5.41, 5.74) is 2.36. The van der Waals surface area contributed by atoms with Crippen molar-refractivity contribution >= 4 is 17.5 Å². The minimum Gasteiger partial charge on any atom is -0.497 e. The van der Waals surface area contributed by atoms with Crippen LogP contribution in [0.3, 0.4) is 0 Å². The van der Waals surface area contributed by atoms with Gasteiger partial charge in [-0.1, -0.05) is 18.7 Å². The van der Waals surface area contributed by atoms with E-state index in [1.54, 1.807) is 25.3 Å². The first-order valence-electron chi connectivity index (χ1n) is 8.71. The summed E-state index contributed by atoms with van der Waals surface area (Å²) >= 11 is 0. The second kappa shape index (κ2) is 8.40. The molecule has 1 aliphatic rings. The third-order valence-electron chi connectivity index (χ3n) is 4.34. The first kappa shape index (κ1) is 18.5. The summed E-state index contributed by atoms with van der Waals surface area (Å²) < 4.78 is 10.9. The van der Waals surface area contributed by atoms with Crippen LogP contribution < -0.4 is 20.1 Å². The van der Waals surface area contributed by atoms with Gasteiger partial charge in [-0.2, -0.15) is 0 Å². The third kappa shape index (κ3) is 4.67. The lowest BCUT2D eigenvalue weighted by Crippen LogP contribution is -2.33. The summed E-state index contributed by atoms with van der Waals surface area (Å²) in [7, 11) is 1.61. The number of methoxy groups -OCH3 is 1. The van der Waals surface area contributed by atoms with E-state index < -0.39 is 0 Å². The molecule has 6 heteroatoms. The molecule has 140 valence electrons. The van der Waals surface area contributed by atoms with E-state index in [0.29, 0.717) is 18.7 Å². The number of ether oxygens (including phenoxy) is 2. The molecule has 0 unspecified atom stereocenters. The zero-order valence-electron chi connectivity index (χ0n) is 15.2. The van der Waals surface area contributed by atoms with Gasteiger partial charge in [0.05, 0.1) is 26.2 Å². The van der Waals surface area contributed by atoms with E-state index in [1.165, 1.54) is 6.08 Å². The van der Waals surface area contributed by atoms with Crippen molar-refractivity contribution in [2.75, 3.05) is 19.0 Å². The average molecular weight is 366 g/mol. The van der Waals surface area contributed by atoms with E-state index in [-0.39, 0.29) is 24.3 Å². The number of benzene rings is 2. The van der Waals surface area contributed by atoms with Crippen molar-refractivity contribution in [3.63, 3.8) is 0 Å². The Kier molecular flexibility index (Phi) is 5.76. The molecule has 1 atom stereocenters. The van der Waals surface area contributed by atoms with Crippen molar-refractivity contribution in [1.29, 1.82) is 0 Å². The van der Waals surface area contributed by atoms with Crippen LogP contribution in [0.1, 0.15) is 23.6 Å². The first-order valence-corrected chi connectivity index (χ1v) is 8.71. The third-order valence-corrected chi connectivity index (χ3v) is 4.34. The molecule has 2 aromatic carbocycles. The molecule has 0 radical (unpaired) electrons. The average Bonchev–Trinajstić information content (AvgIpc) is 2.68. The summed E-state index contributed by atoms with van der Waals surface area (Å²) in [4.78, 5) is 24.0. The van der Waals surface area contributed by atoms with Crippen molar-refractivity contribution in [1.82, 2.24) is 5.32 Å². The number of anilines is 1. The van der Waals surface area contributed by atoms with E-state index in [4.69, 9.17) is 9.47 Å². The lowest BCUT2D eigenvalue weighted by atomic mass is 9.99. The van der Waals surface area contributed by atoms with Gasteiger partial charge in [0, 0.05) is 17.7 Å². The summed E-state index contributed by atoms with van der Waals surface area (Å²) in [6.45, 7) is 3.98. The van der Waals surface area contributed by atoms with Crippen LogP contribution >= 0.6 is 0 Å². The second-order valence-electron chi connectivity index (χ2n) is 6.23. The van der Waals surface area contributed by atoms with E-state index in [0.717, 1.165) is 22.6 Å². The molecule has 0 fully saturated rings. The first-order chi connectivity index (χ1) is 13.1. The molecule has 0 aromatic heterocycles. The van der Waals surface area contributed by atoms with Gasteiger partial charge in [-0.05, 0) is 42.0 Å². The van der Waals surface area contributed by atoms with Crippen LogP contribution in [0.5, 0.6) is 11.5 Å². The molecule has 2 N–H and O–H groups in total. The molecule has 3 rings (SSSR count). The number of amides is 2. The van der Waals surface area contributed by atoms with Crippen LogP contribution in [0.2, 0.25) is 0 Å². The molecule has 6 nitrogen and oxygen atoms in total. The Labute approximate surface area is 158 Å². The van der Waals surface area contributed by atoms with Crippen LogP contribution in [0.4, 0.5) is 5.69 Å². The van der Waals surface area contributed by atoms with Gasteiger partial charge in [-0.15, -0.1) is 0 Å². The molecular formula is C21H22N2O4. The Hall–Kier alpha value is -3.28. The predicted molar refractivity (Wildman–Crippen MR) is 103 cm³/mol. The number of rotatable bonds is 6. The molecule has 1 aliphatic heterocycles. The summed E-state index contributed by atoms with van der Waals surface area (Å²) in [5.74, 6) is 1.11. The predicted octanol–water partition coefficient (Wildman–Crippen LogP) is 3.00. The van der Waals surface area contributed by atoms with Gasteiger partial charge in [0.2, 0.25) is 11.8 Å². The topological polar surface area (TPSA) is 76.7 Å². The zero-order chi connectivity index (χ0) is 19.2. The molecular weight excluding hydrogens is 344 g/mol. The van der Waals surface area contributed by atoms with Crippen molar-refractivity contribution < 1.29 is 19.1 Å². The molecule has 2 aromatic rings. The number of carbonyl (C=O) groups is 2. The van der Waals surface area contributed by atoms with Gasteiger partial charge in [0.25, 0.3) is 0 Å². The fourth-order valence-corrected chi connectivity index (χ4v) is 3.03. The standard InChI is InChI=1S/C21H22N2O4/c1-3-20(24)22-15-6-4-5-14(11-15)12-21(25)23-18-9-10-27-19-8-7-16(26-2)13-17(18)19/h3-8,11,13,18H,1,9-10,12H2,2H3,(H,22,24)(H,23,25)/t18-/m0/s1. The minimum atomic E-state index is -0.288. The Morgan fingerprint density at radius 2 is 2.15 bits per heavy atom. The summed E-state index contributed by atoms with van der Waals surface area (Å²) in [6, 6.07) is 12.7. The quantitative estimate of drug-likeness (QED) is 0.771. The highest BCUT2D eigenvalue weighted by atomic mass is 16.5. The lowest BCUT2D eigenvalue weighted by molar-refractivity contribution is -0.121. The van der Waals surface area contributed by atoms with Gasteiger partial charge in [0.15, 0.2) is 0 Å². The SMILES string of the molecule is C=CC(=O)Nc1cccc(CC(=O)N[C@H]2CCOc3ccc(OC)cc32)c1. The molecule has 0 saturated carbocycles. The number of hydrogen-bond donors (Lipinski definition) is 2. The van der Waals surface area contributed by atoms with Crippen LogP contribution in [0.15, 0.2) is 55.1 Å². The van der Waals surface area contributed by atoms with Gasteiger partial charge >= 0.3 is 0 Å². The Morgan fingerprint density at radius 1 is 1.30 bits per heavy atom. The molecule has 2 amide bonds. The minimum absolute atomic E-state index is 0.0946. The number of hydrogen-bond acceptors (Lipinski definition) is 4. The Morgan fingerprint density at radius 3 is 2.93 bits per heavy atom. The Bertz CT molecular complexity index is 863. The maximum atomic E-state index is 12.5. The van der Waals surface area contributed by atoms with Crippen molar-refractivity contribution in [2.45, 2.75) is 18.9 Å². The molecule has 0 spiro atoms. The lowest BCUT2D eigenvalue weighted by Gasteiger charge is -2.27. The van der Waals surface area contributed by atoms with E-state index in [1.807, 2.05) is 24.3 Å². The largest absolute Gasteiger partial charge is 0.497 e. The number of carbonyl (C=O) groups excluding carboxylic acids is 2. The molecule has 0 saturated heterocycles. The van der Waals surface area contributed by atoms with Gasteiger partial charge in [-0.3, -0.25) is 9.59 Å². The van der Waals surface area contributed by atoms with E-state index >= 15 is 0 Å². The fourth-order valence-electron chi connectivity index (χ4n) is 3.03. The second-order valence-corrected chi connectivity index (χ2v) is 6.23. The smallest absolute Gasteiger partial charge is 0.247 e. The van der Waals surface area contributed by atoms with Gasteiger partial charge in [0.1, 0.15) is 11.5 Å². The molecule has 1 heterocycles. The Balaban J connectivity index is 1.68. The fraction of sp³-hybridized carbons (Fsp3) is 0.238. The molecule has 0 bridgehead atoms. The molecule has 27 heavy (non-hydrogen) atoms. The maximum absolute atomic E-state index is 12.5. The number of fused-ring (bicyclic) bond motifs is 1. The summed E-state index contributed by atoms with van der Waals surface area (Å²) in [6.07, 6.45) is 2.12. The monoisotopic (exact) mass is 366 g/mol. The zero-order valence-corrected chi connectivity index (χ0v) is 15.2. The van der Waals surface area contributed by atoms with E-state index in [9.17, 15) is 9.59 Å². The highest BCUT2D eigenvalue weighted by Crippen LogP contribution is 2.34. The number of nitrogens with one attached hydrogen (secondary N) is 2. The highest BCUT2D eigenvalue weighted by Gasteiger charge is 2.23. The van der Waals surface area contributed by atoms with Crippen LogP contribution in [0, 0.1) is 0 Å². The van der Waals surface area contributed by atoms with Crippen LogP contribution in [-0.2, 0) is 16.0 Å². The van der Waals surface area contributed by atoms with Gasteiger partial charge < -0.3 is 20.1 Å². The van der Waals surface area contributed by atoms with Crippen molar-refractivity contribution in [2.24, 2.45) is 0 Å². The van der Waals surface area contributed by atoms with Crippen LogP contribution in [-0.4, -0.2) is 25.5 Å². The normalized spacial score (nSPS) is 15.1. The van der Waals surface area contributed by atoms with Crippen molar-refractivity contribution in [3.05, 3.63) is 66.2 Å². The maximum Gasteiger partial charge on any atom is 0.247 e. The highest BCUT2D eigenvalue weighted by molar-refractivity contribution is 5.98. The van der Waals surface area contributed by atoms with Crippen molar-refractivity contribution in [3.8, 4) is 11.5 Å². The van der Waals surface area contributed by atoms with Crippen LogP contribution in [0.25, 0.3) is 0 Å². The molecule has 0 aliphatic carbocycles.